The molecule has 170 valence electrons. The van der Waals surface area contributed by atoms with Gasteiger partial charge in [0.2, 0.25) is 0 Å². The molecule has 0 bridgehead atoms. The van der Waals surface area contributed by atoms with E-state index < -0.39 is 47.5 Å². The Balaban J connectivity index is 2.02. The second-order valence-corrected chi connectivity index (χ2v) is 7.10. The number of alkyl halides is 3. The Morgan fingerprint density at radius 1 is 1.38 bits per heavy atom. The number of aromatic nitrogens is 1. The van der Waals surface area contributed by atoms with Crippen LogP contribution in [0, 0.1) is 5.82 Å². The van der Waals surface area contributed by atoms with Gasteiger partial charge in [-0.3, -0.25) is 4.79 Å². The first-order valence-electron chi connectivity index (χ1n) is 8.77. The maximum atomic E-state index is 14.7. The smallest absolute Gasteiger partial charge is 0.425 e. The molecule has 0 fully saturated rings. The fourth-order valence-electron chi connectivity index (χ4n) is 3.11. The van der Waals surface area contributed by atoms with Gasteiger partial charge in [-0.05, 0) is 24.3 Å². The van der Waals surface area contributed by atoms with Crippen LogP contribution in [-0.2, 0) is 10.3 Å². The van der Waals surface area contributed by atoms with Gasteiger partial charge in [0.15, 0.2) is 6.10 Å². The van der Waals surface area contributed by atoms with E-state index in [0.29, 0.717) is 6.08 Å². The van der Waals surface area contributed by atoms with E-state index in [-0.39, 0.29) is 28.5 Å². The number of pyridine rings is 1. The Kier molecular flexibility index (Phi) is 6.26. The standard InChI is InChI=1S/C19H14ClF5N4O3/c20-12-6-10(30)8-27-15(12)16(31)28-9-1-2-13(22)11(5-9)18(3-4-21)7-14(19(23,24)25)32-17(26)29-18/h1-6,8,14,30H,7H2,(H2,26,29)(H,28,31)/b4-3+. The number of halogens is 6. The van der Waals surface area contributed by atoms with Crippen LogP contribution in [0.25, 0.3) is 0 Å². The van der Waals surface area contributed by atoms with E-state index in [4.69, 9.17) is 17.3 Å². The maximum absolute atomic E-state index is 14.7. The maximum Gasteiger partial charge on any atom is 0.425 e. The lowest BCUT2D eigenvalue weighted by Gasteiger charge is -2.36. The molecule has 1 aliphatic rings. The number of anilines is 1. The summed E-state index contributed by atoms with van der Waals surface area (Å²) in [6.45, 7) is 0. The SMILES string of the molecule is NC1=NC(/C=C/F)(c2cc(NC(=O)c3ncc(O)cc3Cl)ccc2F)CC(C(F)(F)F)O1. The highest BCUT2D eigenvalue weighted by Gasteiger charge is 2.51. The molecule has 4 N–H and O–H groups in total. The number of hydrogen-bond acceptors (Lipinski definition) is 6. The highest BCUT2D eigenvalue weighted by atomic mass is 35.5. The monoisotopic (exact) mass is 476 g/mol. The summed E-state index contributed by atoms with van der Waals surface area (Å²) in [5.74, 6) is -2.17. The van der Waals surface area contributed by atoms with Crippen molar-refractivity contribution in [1.29, 1.82) is 0 Å². The predicted molar refractivity (Wildman–Crippen MR) is 104 cm³/mol. The molecule has 1 amide bonds. The zero-order chi connectivity index (χ0) is 23.7. The van der Waals surface area contributed by atoms with Gasteiger partial charge < -0.3 is 20.9 Å². The van der Waals surface area contributed by atoms with Crippen LogP contribution in [0.1, 0.15) is 22.5 Å². The number of rotatable bonds is 4. The largest absolute Gasteiger partial charge is 0.506 e. The topological polar surface area (TPSA) is 110 Å². The summed E-state index contributed by atoms with van der Waals surface area (Å²) in [4.78, 5) is 19.9. The first kappa shape index (κ1) is 23.3. The lowest BCUT2D eigenvalue weighted by molar-refractivity contribution is -0.207. The lowest BCUT2D eigenvalue weighted by Crippen LogP contribution is -2.46. The minimum atomic E-state index is -4.89. The Morgan fingerprint density at radius 2 is 2.09 bits per heavy atom. The molecule has 0 spiro atoms. The number of nitrogens with one attached hydrogen (secondary N) is 1. The molecular weight excluding hydrogens is 463 g/mol. The number of aromatic hydroxyl groups is 1. The van der Waals surface area contributed by atoms with E-state index >= 15 is 0 Å². The summed E-state index contributed by atoms with van der Waals surface area (Å²) in [5, 5.41) is 11.5. The Bertz CT molecular complexity index is 1110. The van der Waals surface area contributed by atoms with E-state index in [1.54, 1.807) is 0 Å². The van der Waals surface area contributed by atoms with Crippen LogP contribution in [0.3, 0.4) is 0 Å². The molecule has 1 aromatic carbocycles. The number of aliphatic imine (C=N–C) groups is 1. The van der Waals surface area contributed by atoms with Crippen LogP contribution < -0.4 is 11.1 Å². The number of amides is 1. The highest BCUT2D eigenvalue weighted by molar-refractivity contribution is 6.34. The zero-order valence-electron chi connectivity index (χ0n) is 15.8. The predicted octanol–water partition coefficient (Wildman–Crippen LogP) is 4.18. The fraction of sp³-hybridized carbons (Fsp3) is 0.211. The molecule has 32 heavy (non-hydrogen) atoms. The van der Waals surface area contributed by atoms with E-state index in [9.17, 15) is 31.9 Å². The van der Waals surface area contributed by atoms with E-state index in [0.717, 1.165) is 30.5 Å². The van der Waals surface area contributed by atoms with Gasteiger partial charge in [0.05, 0.1) is 17.5 Å². The average Bonchev–Trinajstić information content (AvgIpc) is 2.68. The van der Waals surface area contributed by atoms with Gasteiger partial charge in [0.1, 0.15) is 22.8 Å². The molecule has 0 aliphatic carbocycles. The van der Waals surface area contributed by atoms with Gasteiger partial charge in [0.25, 0.3) is 11.9 Å². The van der Waals surface area contributed by atoms with Crippen molar-refractivity contribution in [2.45, 2.75) is 24.2 Å². The minimum Gasteiger partial charge on any atom is -0.506 e. The quantitative estimate of drug-likeness (QED) is 0.574. The van der Waals surface area contributed by atoms with E-state index in [1.165, 1.54) is 0 Å². The normalized spacial score (nSPS) is 21.2. The molecule has 0 radical (unpaired) electrons. The molecule has 3 rings (SSSR count). The third-order valence-electron chi connectivity index (χ3n) is 4.51. The molecule has 2 aromatic rings. The second-order valence-electron chi connectivity index (χ2n) is 6.69. The lowest BCUT2D eigenvalue weighted by atomic mass is 9.83. The molecular formula is C19H14ClF5N4O3. The summed E-state index contributed by atoms with van der Waals surface area (Å²) in [7, 11) is 0. The molecule has 2 unspecified atom stereocenters. The first-order chi connectivity index (χ1) is 14.9. The zero-order valence-corrected chi connectivity index (χ0v) is 16.6. The number of amidine groups is 1. The van der Waals surface area contributed by atoms with Crippen LogP contribution in [0.2, 0.25) is 5.02 Å². The van der Waals surface area contributed by atoms with Crippen LogP contribution in [0.5, 0.6) is 5.75 Å². The van der Waals surface area contributed by atoms with Crippen LogP contribution in [0.4, 0.5) is 27.6 Å². The van der Waals surface area contributed by atoms with Crippen molar-refractivity contribution >= 4 is 29.2 Å². The number of ether oxygens (including phenoxy) is 1. The first-order valence-corrected chi connectivity index (χ1v) is 9.15. The third-order valence-corrected chi connectivity index (χ3v) is 4.79. The summed E-state index contributed by atoms with van der Waals surface area (Å²) in [6.07, 6.45) is -6.87. The van der Waals surface area contributed by atoms with Crippen LogP contribution in [0.15, 0.2) is 47.9 Å². The number of hydrogen-bond donors (Lipinski definition) is 3. The van der Waals surface area contributed by atoms with Gasteiger partial charge in [-0.1, -0.05) is 11.6 Å². The van der Waals surface area contributed by atoms with Crippen molar-refractivity contribution in [2.75, 3.05) is 5.32 Å². The van der Waals surface area contributed by atoms with Crippen LogP contribution >= 0.6 is 11.6 Å². The highest BCUT2D eigenvalue weighted by Crippen LogP contribution is 2.42. The molecule has 2 heterocycles. The van der Waals surface area contributed by atoms with Gasteiger partial charge in [0, 0.05) is 23.7 Å². The average molecular weight is 477 g/mol. The minimum absolute atomic E-state index is 0.0761. The Labute approximate surface area is 182 Å². The van der Waals surface area contributed by atoms with Gasteiger partial charge in [-0.25, -0.2) is 18.8 Å². The van der Waals surface area contributed by atoms with Crippen LogP contribution in [-0.4, -0.2) is 34.3 Å². The van der Waals surface area contributed by atoms with Crippen molar-refractivity contribution in [3.05, 3.63) is 65.0 Å². The molecule has 0 saturated heterocycles. The van der Waals surface area contributed by atoms with Crippen molar-refractivity contribution in [3.63, 3.8) is 0 Å². The number of carbonyl (C=O) groups is 1. The van der Waals surface area contributed by atoms with Gasteiger partial charge >= 0.3 is 6.18 Å². The van der Waals surface area contributed by atoms with Crippen molar-refractivity contribution in [1.82, 2.24) is 4.98 Å². The molecule has 1 aliphatic heterocycles. The Hall–Kier alpha value is -3.41. The molecule has 7 nitrogen and oxygen atoms in total. The molecule has 1 aromatic heterocycles. The van der Waals surface area contributed by atoms with Crippen molar-refractivity contribution in [2.24, 2.45) is 10.7 Å². The van der Waals surface area contributed by atoms with E-state index in [1.807, 2.05) is 0 Å². The number of benzene rings is 1. The number of nitrogens with zero attached hydrogens (tertiary/aromatic N) is 2. The number of carbonyl (C=O) groups excluding carboxylic acids is 1. The van der Waals surface area contributed by atoms with E-state index in [2.05, 4.69) is 20.0 Å². The summed E-state index contributed by atoms with van der Waals surface area (Å²) in [5.41, 5.74) is 2.33. The Morgan fingerprint density at radius 3 is 2.72 bits per heavy atom. The molecule has 0 saturated carbocycles. The molecule has 13 heteroatoms. The second kappa shape index (κ2) is 8.61. The summed E-state index contributed by atoms with van der Waals surface area (Å²) < 4.78 is 72.2. The fourth-order valence-corrected chi connectivity index (χ4v) is 3.36. The summed E-state index contributed by atoms with van der Waals surface area (Å²) in [6, 6.07) is 3.11. The summed E-state index contributed by atoms with van der Waals surface area (Å²) >= 11 is 5.86. The van der Waals surface area contributed by atoms with Gasteiger partial charge in [-0.2, -0.15) is 13.2 Å². The van der Waals surface area contributed by atoms with Crippen molar-refractivity contribution < 1.29 is 36.6 Å². The molecule has 2 atom stereocenters. The third kappa shape index (κ3) is 4.74. The number of nitrogens with two attached hydrogens (primary N) is 1. The van der Waals surface area contributed by atoms with Gasteiger partial charge in [-0.15, -0.1) is 0 Å². The van der Waals surface area contributed by atoms with Crippen molar-refractivity contribution in [3.8, 4) is 5.75 Å².